The van der Waals surface area contributed by atoms with Crippen molar-refractivity contribution in [2.75, 3.05) is 11.1 Å². The van der Waals surface area contributed by atoms with Crippen LogP contribution >= 0.6 is 23.4 Å². The van der Waals surface area contributed by atoms with Gasteiger partial charge in [-0.2, -0.15) is 4.98 Å². The Morgan fingerprint density at radius 1 is 1.06 bits per heavy atom. The molecule has 1 unspecified atom stereocenters. The molecule has 3 aromatic carbocycles. The van der Waals surface area contributed by atoms with Gasteiger partial charge < -0.3 is 14.8 Å². The highest BCUT2D eigenvalue weighted by Gasteiger charge is 2.28. The van der Waals surface area contributed by atoms with Crippen LogP contribution in [-0.2, 0) is 6.61 Å². The zero-order chi connectivity index (χ0) is 23.3. The summed E-state index contributed by atoms with van der Waals surface area (Å²) in [5, 5.41) is 13.2. The minimum atomic E-state index is -0.610. The van der Waals surface area contributed by atoms with Crippen LogP contribution in [0.1, 0.15) is 17.4 Å². The van der Waals surface area contributed by atoms with Crippen molar-refractivity contribution in [2.24, 2.45) is 0 Å². The lowest BCUT2D eigenvalue weighted by Crippen LogP contribution is -2.18. The maximum absolute atomic E-state index is 6.39. The van der Waals surface area contributed by atoms with E-state index in [0.717, 1.165) is 22.4 Å². The first-order valence-electron chi connectivity index (χ1n) is 10.7. The number of nitrogens with one attached hydrogen (secondary N) is 1. The normalized spacial score (nSPS) is 14.1. The Balaban J connectivity index is 1.53. The van der Waals surface area contributed by atoms with Crippen LogP contribution in [0.5, 0.6) is 11.6 Å². The zero-order valence-electron chi connectivity index (χ0n) is 18.1. The summed E-state index contributed by atoms with van der Waals surface area (Å²) in [5.74, 6) is 1.72. The van der Waals surface area contributed by atoms with Crippen molar-refractivity contribution in [3.05, 3.63) is 102 Å². The van der Waals surface area contributed by atoms with E-state index in [-0.39, 0.29) is 0 Å². The topological polar surface area (TPSA) is 69.2 Å². The second-order valence-corrected chi connectivity index (χ2v) is 8.92. The smallest absolute Gasteiger partial charge is 0.247 e. The maximum atomic E-state index is 6.39. The van der Waals surface area contributed by atoms with Gasteiger partial charge in [0, 0.05) is 22.0 Å². The summed E-state index contributed by atoms with van der Waals surface area (Å²) in [5.41, 5.74) is 4.10. The Labute approximate surface area is 207 Å². The van der Waals surface area contributed by atoms with Gasteiger partial charge in [-0.05, 0) is 29.8 Å². The lowest BCUT2D eigenvalue weighted by molar-refractivity contribution is 0.214. The molecule has 0 spiro atoms. The van der Waals surface area contributed by atoms with Crippen molar-refractivity contribution >= 4 is 29.1 Å². The fourth-order valence-corrected chi connectivity index (χ4v) is 4.27. The van der Waals surface area contributed by atoms with Gasteiger partial charge in [0.2, 0.25) is 17.3 Å². The molecule has 4 aromatic rings. The van der Waals surface area contributed by atoms with Crippen LogP contribution in [0.4, 0.5) is 5.69 Å². The van der Waals surface area contributed by atoms with Crippen molar-refractivity contribution in [3.8, 4) is 22.9 Å². The Hall–Kier alpha value is -3.55. The Morgan fingerprint density at radius 3 is 2.74 bits per heavy atom. The van der Waals surface area contributed by atoms with Gasteiger partial charge in [0.05, 0.1) is 5.56 Å². The van der Waals surface area contributed by atoms with Crippen molar-refractivity contribution in [2.45, 2.75) is 18.0 Å². The number of para-hydroxylation sites is 1. The second kappa shape index (κ2) is 10.2. The molecule has 0 aliphatic carbocycles. The number of aromatic nitrogens is 3. The van der Waals surface area contributed by atoms with Crippen LogP contribution in [-0.4, -0.2) is 20.9 Å². The van der Waals surface area contributed by atoms with Crippen LogP contribution in [0, 0.1) is 0 Å². The molecule has 1 aliphatic heterocycles. The van der Waals surface area contributed by atoms with E-state index in [0.29, 0.717) is 39.9 Å². The molecule has 1 aromatic heterocycles. The summed E-state index contributed by atoms with van der Waals surface area (Å²) >= 11 is 7.83. The zero-order valence-corrected chi connectivity index (χ0v) is 19.7. The number of rotatable bonds is 7. The molecular formula is C26H21ClN4O2S. The molecule has 1 aliphatic rings. The molecule has 8 heteroatoms. The maximum Gasteiger partial charge on any atom is 0.247 e. The van der Waals surface area contributed by atoms with Crippen LogP contribution in [0.2, 0.25) is 5.02 Å². The lowest BCUT2D eigenvalue weighted by Gasteiger charge is -2.22. The van der Waals surface area contributed by atoms with Crippen LogP contribution in [0.3, 0.4) is 0 Å². The summed E-state index contributed by atoms with van der Waals surface area (Å²) in [7, 11) is 0. The Morgan fingerprint density at radius 2 is 1.88 bits per heavy atom. The van der Waals surface area contributed by atoms with Gasteiger partial charge in [-0.3, -0.25) is 0 Å². The van der Waals surface area contributed by atoms with Gasteiger partial charge in [-0.15, -0.1) is 16.8 Å². The summed E-state index contributed by atoms with van der Waals surface area (Å²) in [6, 6.07) is 23.3. The predicted molar refractivity (Wildman–Crippen MR) is 135 cm³/mol. The van der Waals surface area contributed by atoms with Crippen molar-refractivity contribution < 1.29 is 9.47 Å². The third-order valence-corrected chi connectivity index (χ3v) is 6.22. The summed E-state index contributed by atoms with van der Waals surface area (Å²) in [4.78, 5) is 4.64. The van der Waals surface area contributed by atoms with E-state index in [9.17, 15) is 0 Å². The van der Waals surface area contributed by atoms with Crippen molar-refractivity contribution in [1.29, 1.82) is 0 Å². The molecule has 170 valence electrons. The average Bonchev–Trinajstić information content (AvgIpc) is 3.04. The molecule has 1 atom stereocenters. The molecule has 1 N–H and O–H groups in total. The molecule has 0 radical (unpaired) electrons. The van der Waals surface area contributed by atoms with Gasteiger partial charge in [0.15, 0.2) is 5.69 Å². The number of nitrogens with zero attached hydrogens (tertiary/aromatic N) is 3. The van der Waals surface area contributed by atoms with Gasteiger partial charge in [0.1, 0.15) is 12.4 Å². The monoisotopic (exact) mass is 488 g/mol. The number of hydrogen-bond donors (Lipinski definition) is 1. The highest BCUT2D eigenvalue weighted by atomic mass is 35.5. The third kappa shape index (κ3) is 4.85. The highest BCUT2D eigenvalue weighted by Crippen LogP contribution is 2.41. The molecular weight excluding hydrogens is 468 g/mol. The molecule has 34 heavy (non-hydrogen) atoms. The molecule has 0 saturated carbocycles. The molecule has 0 amide bonds. The first-order chi connectivity index (χ1) is 16.7. The minimum Gasteiger partial charge on any atom is -0.488 e. The van der Waals surface area contributed by atoms with Gasteiger partial charge in [0.25, 0.3) is 0 Å². The van der Waals surface area contributed by atoms with Crippen LogP contribution < -0.4 is 14.8 Å². The van der Waals surface area contributed by atoms with E-state index in [1.165, 1.54) is 11.8 Å². The lowest BCUT2D eigenvalue weighted by atomic mass is 10.1. The van der Waals surface area contributed by atoms with Crippen molar-refractivity contribution in [1.82, 2.24) is 15.2 Å². The Kier molecular flexibility index (Phi) is 6.65. The van der Waals surface area contributed by atoms with Crippen LogP contribution in [0.15, 0.2) is 90.6 Å². The van der Waals surface area contributed by atoms with E-state index in [2.05, 4.69) is 27.1 Å². The van der Waals surface area contributed by atoms with E-state index in [1.807, 2.05) is 66.7 Å². The molecule has 6 nitrogen and oxygen atoms in total. The number of halogens is 1. The molecule has 0 saturated heterocycles. The first kappa shape index (κ1) is 22.3. The number of hydrogen-bond acceptors (Lipinski definition) is 7. The van der Waals surface area contributed by atoms with E-state index < -0.39 is 6.23 Å². The van der Waals surface area contributed by atoms with Crippen LogP contribution in [0.25, 0.3) is 11.3 Å². The van der Waals surface area contributed by atoms with Crippen molar-refractivity contribution in [3.63, 3.8) is 0 Å². The van der Waals surface area contributed by atoms with Gasteiger partial charge in [-0.25, -0.2) is 0 Å². The standard InChI is InChI=1S/C26H21ClN4O2S/c1-2-14-34-26-29-25-23(30-31-26)19-10-6-7-11-21(19)28-24(33-25)20-15-18(27)12-13-22(20)32-16-17-8-4-3-5-9-17/h2-13,15,24,28H,1,14,16H2. The molecule has 0 fully saturated rings. The third-order valence-electron chi connectivity index (χ3n) is 5.16. The Bertz CT molecular complexity index is 1320. The predicted octanol–water partition coefficient (Wildman–Crippen LogP) is 6.55. The molecule has 0 bridgehead atoms. The van der Waals surface area contributed by atoms with Gasteiger partial charge in [-0.1, -0.05) is 78.0 Å². The number of ether oxygens (including phenoxy) is 2. The largest absolute Gasteiger partial charge is 0.488 e. The second-order valence-electron chi connectivity index (χ2n) is 7.49. The molecule has 5 rings (SSSR count). The number of anilines is 1. The number of thioether (sulfide) groups is 1. The number of benzene rings is 3. The quantitative estimate of drug-likeness (QED) is 0.233. The van der Waals surface area contributed by atoms with Gasteiger partial charge >= 0.3 is 0 Å². The van der Waals surface area contributed by atoms with E-state index in [1.54, 1.807) is 12.1 Å². The first-order valence-corrected chi connectivity index (χ1v) is 12.0. The fourth-order valence-electron chi connectivity index (χ4n) is 3.57. The number of fused-ring (bicyclic) bond motifs is 3. The minimum absolute atomic E-state index is 0.387. The summed E-state index contributed by atoms with van der Waals surface area (Å²) < 4.78 is 12.6. The summed E-state index contributed by atoms with van der Waals surface area (Å²) in [6.45, 7) is 4.17. The fraction of sp³-hybridized carbons (Fsp3) is 0.115. The summed E-state index contributed by atoms with van der Waals surface area (Å²) in [6.07, 6.45) is 1.18. The SMILES string of the molecule is C=CCSc1nnc2c(n1)OC(c1cc(Cl)ccc1OCc1ccccc1)Nc1ccccc1-2. The van der Waals surface area contributed by atoms with E-state index in [4.69, 9.17) is 21.1 Å². The average molecular weight is 489 g/mol. The highest BCUT2D eigenvalue weighted by molar-refractivity contribution is 7.99. The van der Waals surface area contributed by atoms with E-state index >= 15 is 0 Å². The molecule has 2 heterocycles.